The van der Waals surface area contributed by atoms with Gasteiger partial charge in [-0.25, -0.2) is 0 Å². The Morgan fingerprint density at radius 2 is 2.00 bits per heavy atom. The van der Waals surface area contributed by atoms with Crippen LogP contribution in [0.5, 0.6) is 0 Å². The average molecular weight is 260 g/mol. The molecular formula is C14H16N2OS. The SMILES string of the molecule is CC(=O)c1sc(NCc2ccc(C)cc2)cc1N. The normalized spacial score (nSPS) is 10.3. The maximum atomic E-state index is 11.3. The van der Waals surface area contributed by atoms with E-state index in [4.69, 9.17) is 5.73 Å². The zero-order valence-corrected chi connectivity index (χ0v) is 11.3. The number of anilines is 2. The number of nitrogen functional groups attached to an aromatic ring is 1. The minimum atomic E-state index is 0.0147. The molecule has 1 aromatic heterocycles. The van der Waals surface area contributed by atoms with Crippen LogP contribution in [-0.4, -0.2) is 5.78 Å². The summed E-state index contributed by atoms with van der Waals surface area (Å²) in [7, 11) is 0. The van der Waals surface area contributed by atoms with Crippen molar-refractivity contribution in [3.8, 4) is 0 Å². The van der Waals surface area contributed by atoms with Gasteiger partial charge in [0.05, 0.1) is 15.6 Å². The molecule has 0 saturated heterocycles. The number of thiophene rings is 1. The van der Waals surface area contributed by atoms with Crippen LogP contribution in [0.25, 0.3) is 0 Å². The number of carbonyl (C=O) groups excluding carboxylic acids is 1. The highest BCUT2D eigenvalue weighted by Crippen LogP contribution is 2.29. The van der Waals surface area contributed by atoms with Gasteiger partial charge in [0.25, 0.3) is 0 Å². The number of Topliss-reactive ketones (excluding diaryl/α,β-unsaturated/α-hetero) is 1. The summed E-state index contributed by atoms with van der Waals surface area (Å²) in [6.07, 6.45) is 0. The van der Waals surface area contributed by atoms with E-state index >= 15 is 0 Å². The standard InChI is InChI=1S/C14H16N2OS/c1-9-3-5-11(6-4-9)8-16-13-7-12(15)14(18-13)10(2)17/h3-7,16H,8,15H2,1-2H3. The van der Waals surface area contributed by atoms with E-state index < -0.39 is 0 Å². The zero-order valence-electron chi connectivity index (χ0n) is 10.5. The number of benzene rings is 1. The molecule has 0 bridgehead atoms. The lowest BCUT2D eigenvalue weighted by Crippen LogP contribution is -1.97. The fraction of sp³-hybridized carbons (Fsp3) is 0.214. The predicted octanol–water partition coefficient (Wildman–Crippen LogP) is 3.45. The molecule has 18 heavy (non-hydrogen) atoms. The maximum absolute atomic E-state index is 11.3. The predicted molar refractivity (Wildman–Crippen MR) is 77.2 cm³/mol. The molecule has 0 amide bonds. The minimum absolute atomic E-state index is 0.0147. The van der Waals surface area contributed by atoms with Gasteiger partial charge in [-0.1, -0.05) is 29.8 Å². The van der Waals surface area contributed by atoms with Crippen molar-refractivity contribution in [2.45, 2.75) is 20.4 Å². The number of aryl methyl sites for hydroxylation is 1. The molecule has 94 valence electrons. The number of ketones is 1. The molecule has 0 aliphatic heterocycles. The monoisotopic (exact) mass is 260 g/mol. The van der Waals surface area contributed by atoms with Gasteiger partial charge in [-0.15, -0.1) is 11.3 Å². The van der Waals surface area contributed by atoms with Crippen LogP contribution < -0.4 is 11.1 Å². The molecule has 1 aromatic carbocycles. The summed E-state index contributed by atoms with van der Waals surface area (Å²) in [6.45, 7) is 4.33. The van der Waals surface area contributed by atoms with Crippen LogP contribution in [0.2, 0.25) is 0 Å². The lowest BCUT2D eigenvalue weighted by Gasteiger charge is -2.03. The van der Waals surface area contributed by atoms with Crippen LogP contribution >= 0.6 is 11.3 Å². The van der Waals surface area contributed by atoms with Gasteiger partial charge in [0, 0.05) is 13.5 Å². The number of hydrogen-bond donors (Lipinski definition) is 2. The van der Waals surface area contributed by atoms with Crippen LogP contribution in [0, 0.1) is 6.92 Å². The molecule has 0 unspecified atom stereocenters. The summed E-state index contributed by atoms with van der Waals surface area (Å²) in [5.41, 5.74) is 8.79. The van der Waals surface area contributed by atoms with E-state index in [1.807, 2.05) is 6.07 Å². The van der Waals surface area contributed by atoms with E-state index in [9.17, 15) is 4.79 Å². The van der Waals surface area contributed by atoms with E-state index in [0.29, 0.717) is 10.6 Å². The van der Waals surface area contributed by atoms with E-state index in [1.165, 1.54) is 29.4 Å². The molecule has 4 heteroatoms. The van der Waals surface area contributed by atoms with E-state index in [-0.39, 0.29) is 5.78 Å². The highest BCUT2D eigenvalue weighted by atomic mass is 32.1. The number of nitrogens with two attached hydrogens (primary N) is 1. The molecule has 0 atom stereocenters. The van der Waals surface area contributed by atoms with Gasteiger partial charge in [0.2, 0.25) is 0 Å². The Kier molecular flexibility index (Phi) is 3.67. The first kappa shape index (κ1) is 12.6. The summed E-state index contributed by atoms with van der Waals surface area (Å²) in [5.74, 6) is 0.0147. The molecule has 0 fully saturated rings. The van der Waals surface area contributed by atoms with Crippen molar-refractivity contribution in [2.75, 3.05) is 11.1 Å². The van der Waals surface area contributed by atoms with Crippen molar-refractivity contribution in [1.29, 1.82) is 0 Å². The molecular weight excluding hydrogens is 244 g/mol. The molecule has 1 heterocycles. The second kappa shape index (κ2) is 5.23. The van der Waals surface area contributed by atoms with Crippen LogP contribution in [0.1, 0.15) is 27.7 Å². The van der Waals surface area contributed by atoms with Gasteiger partial charge in [-0.3, -0.25) is 4.79 Å². The largest absolute Gasteiger partial charge is 0.397 e. The van der Waals surface area contributed by atoms with Crippen LogP contribution in [0.15, 0.2) is 30.3 Å². The molecule has 0 aliphatic rings. The van der Waals surface area contributed by atoms with Crippen molar-refractivity contribution >= 4 is 27.8 Å². The number of rotatable bonds is 4. The third-order valence-electron chi connectivity index (χ3n) is 2.67. The first-order valence-electron chi connectivity index (χ1n) is 5.76. The highest BCUT2D eigenvalue weighted by Gasteiger charge is 2.09. The summed E-state index contributed by atoms with van der Waals surface area (Å²) in [5, 5.41) is 4.21. The molecule has 0 spiro atoms. The van der Waals surface area contributed by atoms with Crippen LogP contribution in [-0.2, 0) is 6.54 Å². The summed E-state index contributed by atoms with van der Waals surface area (Å²) < 4.78 is 0. The van der Waals surface area contributed by atoms with Crippen LogP contribution in [0.4, 0.5) is 10.7 Å². The van der Waals surface area contributed by atoms with Gasteiger partial charge in [0.15, 0.2) is 5.78 Å². The Bertz CT molecular complexity index is 558. The van der Waals surface area contributed by atoms with E-state index in [2.05, 4.69) is 36.5 Å². The molecule has 3 nitrogen and oxygen atoms in total. The topological polar surface area (TPSA) is 55.1 Å². The summed E-state index contributed by atoms with van der Waals surface area (Å²) in [6, 6.07) is 10.2. The Morgan fingerprint density at radius 1 is 1.33 bits per heavy atom. The lowest BCUT2D eigenvalue weighted by molar-refractivity contribution is 0.102. The molecule has 0 radical (unpaired) electrons. The number of carbonyl (C=O) groups is 1. The lowest BCUT2D eigenvalue weighted by atomic mass is 10.1. The van der Waals surface area contributed by atoms with Gasteiger partial charge in [0.1, 0.15) is 0 Å². The van der Waals surface area contributed by atoms with Gasteiger partial charge in [-0.2, -0.15) is 0 Å². The smallest absolute Gasteiger partial charge is 0.171 e. The van der Waals surface area contributed by atoms with Gasteiger partial charge >= 0.3 is 0 Å². The maximum Gasteiger partial charge on any atom is 0.171 e. The molecule has 2 rings (SSSR count). The second-order valence-corrected chi connectivity index (χ2v) is 5.34. The third kappa shape index (κ3) is 2.90. The highest BCUT2D eigenvalue weighted by molar-refractivity contribution is 7.18. The fourth-order valence-corrected chi connectivity index (χ4v) is 2.53. The minimum Gasteiger partial charge on any atom is -0.397 e. The molecule has 0 aliphatic carbocycles. The van der Waals surface area contributed by atoms with Crippen molar-refractivity contribution in [2.24, 2.45) is 0 Å². The Balaban J connectivity index is 2.04. The summed E-state index contributed by atoms with van der Waals surface area (Å²) in [4.78, 5) is 11.9. The second-order valence-electron chi connectivity index (χ2n) is 4.29. The molecule has 2 aromatic rings. The first-order valence-corrected chi connectivity index (χ1v) is 6.57. The zero-order chi connectivity index (χ0) is 13.1. The molecule has 0 saturated carbocycles. The fourth-order valence-electron chi connectivity index (χ4n) is 1.66. The quantitative estimate of drug-likeness (QED) is 0.828. The Hall–Kier alpha value is -1.81. The molecule has 3 N–H and O–H groups in total. The van der Waals surface area contributed by atoms with Crippen molar-refractivity contribution < 1.29 is 4.79 Å². The van der Waals surface area contributed by atoms with Crippen molar-refractivity contribution in [1.82, 2.24) is 0 Å². The first-order chi connectivity index (χ1) is 8.56. The van der Waals surface area contributed by atoms with Crippen molar-refractivity contribution in [3.05, 3.63) is 46.3 Å². The van der Waals surface area contributed by atoms with E-state index in [1.54, 1.807) is 0 Å². The average Bonchev–Trinajstić information content (AvgIpc) is 2.70. The van der Waals surface area contributed by atoms with E-state index in [0.717, 1.165) is 11.5 Å². The number of nitrogens with one attached hydrogen (secondary N) is 1. The Labute approximate surface area is 111 Å². The summed E-state index contributed by atoms with van der Waals surface area (Å²) >= 11 is 1.40. The third-order valence-corrected chi connectivity index (χ3v) is 3.88. The van der Waals surface area contributed by atoms with Crippen molar-refractivity contribution in [3.63, 3.8) is 0 Å². The Morgan fingerprint density at radius 3 is 2.56 bits per heavy atom. The number of hydrogen-bond acceptors (Lipinski definition) is 4. The van der Waals surface area contributed by atoms with Crippen LogP contribution in [0.3, 0.4) is 0 Å². The van der Waals surface area contributed by atoms with Gasteiger partial charge in [-0.05, 0) is 18.6 Å². The van der Waals surface area contributed by atoms with Gasteiger partial charge < -0.3 is 11.1 Å².